The van der Waals surface area contributed by atoms with Crippen molar-refractivity contribution in [3.63, 3.8) is 0 Å². The van der Waals surface area contributed by atoms with Gasteiger partial charge < -0.3 is 11.5 Å². The number of nitrogens with two attached hydrogens (primary N) is 2. The summed E-state index contributed by atoms with van der Waals surface area (Å²) >= 11 is 2.70. The quantitative estimate of drug-likeness (QED) is 0.475. The van der Waals surface area contributed by atoms with Crippen LogP contribution in [0.25, 0.3) is 11.1 Å². The normalized spacial score (nSPS) is 10.4. The van der Waals surface area contributed by atoms with E-state index < -0.39 is 0 Å². The third kappa shape index (κ3) is 5.65. The molecule has 0 saturated heterocycles. The Labute approximate surface area is 145 Å². The molecule has 2 aromatic rings. The van der Waals surface area contributed by atoms with Crippen LogP contribution in [-0.2, 0) is 12.2 Å². The molecule has 23 heavy (non-hydrogen) atoms. The molecule has 4 nitrogen and oxygen atoms in total. The molecule has 0 saturated carbocycles. The predicted octanol–water partition coefficient (Wildman–Crippen LogP) is 3.65. The molecule has 0 fully saturated rings. The molecular formula is C17H20N4S2. The van der Waals surface area contributed by atoms with E-state index >= 15 is 0 Å². The van der Waals surface area contributed by atoms with Crippen molar-refractivity contribution in [1.29, 1.82) is 10.8 Å². The Morgan fingerprint density at radius 1 is 0.870 bits per heavy atom. The maximum absolute atomic E-state index is 7.36. The lowest BCUT2D eigenvalue weighted by Crippen LogP contribution is -2.05. The molecule has 2 aromatic carbocycles. The van der Waals surface area contributed by atoms with Gasteiger partial charge in [-0.05, 0) is 28.7 Å². The first-order valence-corrected chi connectivity index (χ1v) is 9.14. The first-order valence-electron chi connectivity index (χ1n) is 7.17. The van der Waals surface area contributed by atoms with Gasteiger partial charge in [-0.2, -0.15) is 0 Å². The van der Waals surface area contributed by atoms with Gasteiger partial charge in [-0.3, -0.25) is 10.8 Å². The number of aryl methyl sites for hydroxylation is 1. The molecule has 0 bridgehead atoms. The second kappa shape index (κ2) is 8.64. The van der Waals surface area contributed by atoms with E-state index in [1.54, 1.807) is 0 Å². The monoisotopic (exact) mass is 344 g/mol. The Balaban J connectivity index is 2.10. The molecule has 0 spiro atoms. The SMILES string of the molecule is N=C(N)SCCc1ccc(-c2ccccc2CSC(=N)N)cc1. The average Bonchev–Trinajstić information content (AvgIpc) is 2.53. The van der Waals surface area contributed by atoms with Crippen molar-refractivity contribution in [1.82, 2.24) is 0 Å². The highest BCUT2D eigenvalue weighted by Crippen LogP contribution is 2.27. The fourth-order valence-corrected chi connectivity index (χ4v) is 3.33. The summed E-state index contributed by atoms with van der Waals surface area (Å²) in [5, 5.41) is 14.9. The number of benzene rings is 2. The zero-order chi connectivity index (χ0) is 16.7. The van der Waals surface area contributed by atoms with Crippen LogP contribution < -0.4 is 11.5 Å². The fraction of sp³-hybridized carbons (Fsp3) is 0.176. The molecule has 2 rings (SSSR count). The standard InChI is InChI=1S/C17H20N4S2/c18-16(19)22-10-9-12-5-7-13(8-6-12)15-4-2-1-3-14(15)11-23-17(20)21/h1-8H,9-11H2,(H3,18,19)(H3,20,21). The number of thioether (sulfide) groups is 2. The van der Waals surface area contributed by atoms with Crippen LogP contribution in [0.5, 0.6) is 0 Å². The molecule has 0 atom stereocenters. The van der Waals surface area contributed by atoms with Crippen molar-refractivity contribution in [3.05, 3.63) is 59.7 Å². The largest absolute Gasteiger partial charge is 0.379 e. The first kappa shape index (κ1) is 17.4. The molecule has 0 aromatic heterocycles. The van der Waals surface area contributed by atoms with Gasteiger partial charge in [-0.1, -0.05) is 72.1 Å². The van der Waals surface area contributed by atoms with Crippen LogP contribution in [0.2, 0.25) is 0 Å². The highest BCUT2D eigenvalue weighted by Gasteiger charge is 2.06. The third-order valence-electron chi connectivity index (χ3n) is 3.31. The van der Waals surface area contributed by atoms with Gasteiger partial charge in [0.1, 0.15) is 0 Å². The van der Waals surface area contributed by atoms with Gasteiger partial charge in [0.05, 0.1) is 0 Å². The van der Waals surface area contributed by atoms with Crippen LogP contribution >= 0.6 is 23.5 Å². The summed E-state index contributed by atoms with van der Waals surface area (Å²) in [6.07, 6.45) is 0.895. The van der Waals surface area contributed by atoms with Gasteiger partial charge >= 0.3 is 0 Å². The Bertz CT molecular complexity index is 683. The van der Waals surface area contributed by atoms with Gasteiger partial charge in [0.2, 0.25) is 0 Å². The highest BCUT2D eigenvalue weighted by atomic mass is 32.2. The predicted molar refractivity (Wildman–Crippen MR) is 103 cm³/mol. The van der Waals surface area contributed by atoms with Crippen LogP contribution in [0.15, 0.2) is 48.5 Å². The Morgan fingerprint density at radius 2 is 1.52 bits per heavy atom. The van der Waals surface area contributed by atoms with E-state index in [2.05, 4.69) is 36.4 Å². The van der Waals surface area contributed by atoms with Crippen molar-refractivity contribution >= 4 is 33.9 Å². The lowest BCUT2D eigenvalue weighted by Gasteiger charge is -2.10. The van der Waals surface area contributed by atoms with Crippen molar-refractivity contribution < 1.29 is 0 Å². The zero-order valence-electron chi connectivity index (χ0n) is 12.7. The van der Waals surface area contributed by atoms with Crippen LogP contribution in [0.3, 0.4) is 0 Å². The summed E-state index contributed by atoms with van der Waals surface area (Å²) in [5.74, 6) is 1.52. The smallest absolute Gasteiger partial charge is 0.151 e. The van der Waals surface area contributed by atoms with Crippen LogP contribution in [0.1, 0.15) is 11.1 Å². The van der Waals surface area contributed by atoms with Gasteiger partial charge in [0.15, 0.2) is 10.3 Å². The summed E-state index contributed by atoms with van der Waals surface area (Å²) in [6.45, 7) is 0. The molecule has 0 heterocycles. The minimum Gasteiger partial charge on any atom is -0.379 e. The van der Waals surface area contributed by atoms with Crippen LogP contribution in [0, 0.1) is 10.8 Å². The number of hydrogen-bond acceptors (Lipinski definition) is 4. The molecule has 0 unspecified atom stereocenters. The molecule has 0 aliphatic rings. The van der Waals surface area contributed by atoms with E-state index in [1.165, 1.54) is 40.2 Å². The summed E-state index contributed by atoms with van der Waals surface area (Å²) in [4.78, 5) is 0. The molecule has 6 heteroatoms. The average molecular weight is 345 g/mol. The van der Waals surface area contributed by atoms with Crippen molar-refractivity contribution in [2.75, 3.05) is 5.75 Å². The van der Waals surface area contributed by atoms with E-state index in [0.29, 0.717) is 5.75 Å². The Kier molecular flexibility index (Phi) is 6.55. The van der Waals surface area contributed by atoms with Crippen LogP contribution in [0.4, 0.5) is 0 Å². The number of amidine groups is 2. The minimum absolute atomic E-state index is 0.137. The van der Waals surface area contributed by atoms with E-state index in [9.17, 15) is 0 Å². The van der Waals surface area contributed by atoms with E-state index in [0.717, 1.165) is 17.7 Å². The second-order valence-electron chi connectivity index (χ2n) is 4.97. The van der Waals surface area contributed by atoms with Gasteiger partial charge in [0, 0.05) is 11.5 Å². The minimum atomic E-state index is 0.137. The van der Waals surface area contributed by atoms with Gasteiger partial charge in [-0.15, -0.1) is 0 Å². The van der Waals surface area contributed by atoms with Crippen molar-refractivity contribution in [2.24, 2.45) is 11.5 Å². The lowest BCUT2D eigenvalue weighted by molar-refractivity contribution is 1.16. The molecule has 6 N–H and O–H groups in total. The number of hydrogen-bond donors (Lipinski definition) is 4. The van der Waals surface area contributed by atoms with Gasteiger partial charge in [0.25, 0.3) is 0 Å². The first-order chi connectivity index (χ1) is 11.1. The summed E-state index contributed by atoms with van der Waals surface area (Å²) < 4.78 is 0. The van der Waals surface area contributed by atoms with E-state index in [4.69, 9.17) is 22.3 Å². The van der Waals surface area contributed by atoms with Crippen molar-refractivity contribution in [2.45, 2.75) is 12.2 Å². The molecule has 0 aliphatic carbocycles. The summed E-state index contributed by atoms with van der Waals surface area (Å²) in [5.41, 5.74) is 15.5. The zero-order valence-corrected chi connectivity index (χ0v) is 14.3. The maximum atomic E-state index is 7.36. The Morgan fingerprint density at radius 3 is 2.17 bits per heavy atom. The lowest BCUT2D eigenvalue weighted by atomic mass is 9.99. The fourth-order valence-electron chi connectivity index (χ4n) is 2.21. The number of nitrogens with one attached hydrogen (secondary N) is 2. The molecule has 120 valence electrons. The molecular weight excluding hydrogens is 324 g/mol. The second-order valence-corrected chi connectivity index (χ2v) is 7.12. The number of rotatable bonds is 6. The van der Waals surface area contributed by atoms with E-state index in [-0.39, 0.29) is 10.3 Å². The Hall–Kier alpha value is -1.92. The third-order valence-corrected chi connectivity index (χ3v) is 4.80. The molecule has 0 aliphatic heterocycles. The van der Waals surface area contributed by atoms with Crippen molar-refractivity contribution in [3.8, 4) is 11.1 Å². The van der Waals surface area contributed by atoms with E-state index in [1.807, 2.05) is 12.1 Å². The summed E-state index contributed by atoms with van der Waals surface area (Å²) in [6, 6.07) is 16.7. The topological polar surface area (TPSA) is 99.7 Å². The molecule has 0 radical (unpaired) electrons. The molecule has 0 amide bonds. The van der Waals surface area contributed by atoms with Gasteiger partial charge in [-0.25, -0.2) is 0 Å². The maximum Gasteiger partial charge on any atom is 0.151 e. The highest BCUT2D eigenvalue weighted by molar-refractivity contribution is 8.13. The summed E-state index contributed by atoms with van der Waals surface area (Å²) in [7, 11) is 0. The van der Waals surface area contributed by atoms with Crippen LogP contribution in [-0.4, -0.2) is 16.1 Å².